The molecule has 0 aromatic carbocycles. The van der Waals surface area contributed by atoms with Crippen molar-refractivity contribution in [2.45, 2.75) is 136 Å². The van der Waals surface area contributed by atoms with Gasteiger partial charge in [0.05, 0.1) is 6.42 Å². The molecule has 6 nitrogen and oxygen atoms in total. The van der Waals surface area contributed by atoms with Crippen LogP contribution in [0.15, 0.2) is 158 Å². The Morgan fingerprint density at radius 1 is 0.397 bits per heavy atom. The molecule has 0 heterocycles. The Morgan fingerprint density at radius 2 is 0.828 bits per heavy atom. The van der Waals surface area contributed by atoms with Crippen molar-refractivity contribution in [3.05, 3.63) is 158 Å². The summed E-state index contributed by atoms with van der Waals surface area (Å²) in [6.45, 7) is 6.04. The highest BCUT2D eigenvalue weighted by Gasteiger charge is 2.19. The van der Waals surface area contributed by atoms with Crippen molar-refractivity contribution in [3.63, 3.8) is 0 Å². The number of ether oxygens (including phenoxy) is 3. The molecular formula is C52H74O6. The summed E-state index contributed by atoms with van der Waals surface area (Å²) >= 11 is 0. The first-order valence-electron chi connectivity index (χ1n) is 21.6. The van der Waals surface area contributed by atoms with Gasteiger partial charge >= 0.3 is 17.9 Å². The molecule has 0 aliphatic heterocycles. The normalized spacial score (nSPS) is 13.6. The van der Waals surface area contributed by atoms with Gasteiger partial charge in [-0.25, -0.2) is 0 Å². The van der Waals surface area contributed by atoms with Gasteiger partial charge in [-0.05, 0) is 64.2 Å². The van der Waals surface area contributed by atoms with E-state index in [1.807, 2.05) is 97.2 Å². The predicted molar refractivity (Wildman–Crippen MR) is 246 cm³/mol. The molecule has 0 aliphatic rings. The van der Waals surface area contributed by atoms with Crippen molar-refractivity contribution in [2.75, 3.05) is 13.2 Å². The molecule has 0 amide bonds. The molecule has 0 radical (unpaired) electrons. The molecule has 0 saturated carbocycles. The molecule has 0 spiro atoms. The van der Waals surface area contributed by atoms with Gasteiger partial charge in [-0.15, -0.1) is 0 Å². The lowest BCUT2D eigenvalue weighted by molar-refractivity contribution is -0.166. The van der Waals surface area contributed by atoms with Gasteiger partial charge in [0.15, 0.2) is 6.10 Å². The van der Waals surface area contributed by atoms with Crippen LogP contribution in [0, 0.1) is 0 Å². The monoisotopic (exact) mass is 795 g/mol. The van der Waals surface area contributed by atoms with Crippen molar-refractivity contribution < 1.29 is 28.6 Å². The zero-order valence-corrected chi connectivity index (χ0v) is 36.0. The molecule has 0 bridgehead atoms. The van der Waals surface area contributed by atoms with Crippen LogP contribution in [0.5, 0.6) is 0 Å². The first-order valence-corrected chi connectivity index (χ1v) is 21.6. The third-order valence-electron chi connectivity index (χ3n) is 8.02. The maximum Gasteiger partial charge on any atom is 0.309 e. The van der Waals surface area contributed by atoms with Crippen LogP contribution in [0.25, 0.3) is 0 Å². The Kier molecular flexibility index (Phi) is 40.9. The van der Waals surface area contributed by atoms with E-state index in [2.05, 4.69) is 75.5 Å². The summed E-state index contributed by atoms with van der Waals surface area (Å²) < 4.78 is 16.5. The van der Waals surface area contributed by atoms with E-state index in [-0.39, 0.29) is 32.0 Å². The van der Waals surface area contributed by atoms with Gasteiger partial charge in [0.1, 0.15) is 13.2 Å². The van der Waals surface area contributed by atoms with E-state index < -0.39 is 18.0 Å². The first kappa shape index (κ1) is 53.0. The van der Waals surface area contributed by atoms with Gasteiger partial charge in [-0.2, -0.15) is 0 Å². The van der Waals surface area contributed by atoms with Crippen LogP contribution in [0.1, 0.15) is 130 Å². The van der Waals surface area contributed by atoms with E-state index in [1.54, 1.807) is 6.08 Å². The van der Waals surface area contributed by atoms with Gasteiger partial charge in [0.25, 0.3) is 0 Å². The topological polar surface area (TPSA) is 78.9 Å². The predicted octanol–water partition coefficient (Wildman–Crippen LogP) is 13.9. The molecule has 318 valence electrons. The molecule has 0 fully saturated rings. The first-order chi connectivity index (χ1) is 28.5. The smallest absolute Gasteiger partial charge is 0.309 e. The van der Waals surface area contributed by atoms with Gasteiger partial charge in [0.2, 0.25) is 0 Å². The number of esters is 3. The fraction of sp³-hybridized carbons (Fsp3) is 0.442. The number of hydrogen-bond acceptors (Lipinski definition) is 6. The van der Waals surface area contributed by atoms with Crippen LogP contribution in [0.4, 0.5) is 0 Å². The highest BCUT2D eigenvalue weighted by Crippen LogP contribution is 2.10. The summed E-state index contributed by atoms with van der Waals surface area (Å²) in [6.07, 6.45) is 65.5. The lowest BCUT2D eigenvalue weighted by Crippen LogP contribution is -2.30. The zero-order chi connectivity index (χ0) is 42.3. The third-order valence-corrected chi connectivity index (χ3v) is 8.02. The summed E-state index contributed by atoms with van der Waals surface area (Å²) in [7, 11) is 0. The molecule has 6 heteroatoms. The molecule has 0 saturated heterocycles. The van der Waals surface area contributed by atoms with Crippen LogP contribution in [0.2, 0.25) is 0 Å². The Labute approximate surface area is 352 Å². The summed E-state index contributed by atoms with van der Waals surface area (Å²) in [4.78, 5) is 37.6. The molecule has 0 aliphatic carbocycles. The second-order valence-corrected chi connectivity index (χ2v) is 13.4. The Hall–Kier alpha value is -4.97. The average molecular weight is 795 g/mol. The number of carbonyl (C=O) groups excluding carboxylic acids is 3. The summed E-state index contributed by atoms with van der Waals surface area (Å²) in [5.74, 6) is -1.21. The molecule has 0 rings (SSSR count). The molecule has 1 unspecified atom stereocenters. The molecule has 0 aromatic heterocycles. The maximum absolute atomic E-state index is 12.7. The standard InChI is InChI=1S/C52H74O6/c1-4-7-10-13-16-19-21-23-24-25-26-27-29-30-33-36-39-42-45-51(54)57-48-49(47-56-50(53)44-41-38-35-32-18-15-12-9-6-3)58-52(55)46-43-40-37-34-31-28-22-20-17-14-11-8-5-2/h8-14,16-28,31-32,34,37-38,41,49H,4-7,15,29-30,33,35-36,39-40,42-48H2,1-3H3/b11-8-,12-9-,13-10-,17-14-,19-16-,22-20-,23-21-,25-24-,27-26-,31-28-,32-18-,37-34-,41-38-. The van der Waals surface area contributed by atoms with Crippen molar-refractivity contribution >= 4 is 17.9 Å². The summed E-state index contributed by atoms with van der Waals surface area (Å²) in [5, 5.41) is 0. The minimum Gasteiger partial charge on any atom is -0.462 e. The Morgan fingerprint density at radius 3 is 1.40 bits per heavy atom. The highest BCUT2D eigenvalue weighted by molar-refractivity contribution is 5.72. The van der Waals surface area contributed by atoms with E-state index in [0.717, 1.165) is 70.6 Å². The van der Waals surface area contributed by atoms with Gasteiger partial charge in [-0.1, -0.05) is 204 Å². The fourth-order valence-corrected chi connectivity index (χ4v) is 4.85. The summed E-state index contributed by atoms with van der Waals surface area (Å²) in [6, 6.07) is 0. The van der Waals surface area contributed by atoms with Crippen LogP contribution in [-0.4, -0.2) is 37.2 Å². The second kappa shape index (κ2) is 44.7. The van der Waals surface area contributed by atoms with Gasteiger partial charge in [-0.3, -0.25) is 14.4 Å². The highest BCUT2D eigenvalue weighted by atomic mass is 16.6. The lowest BCUT2D eigenvalue weighted by Gasteiger charge is -2.18. The van der Waals surface area contributed by atoms with Crippen molar-refractivity contribution in [3.8, 4) is 0 Å². The molecule has 0 aromatic rings. The maximum atomic E-state index is 12.7. The molecule has 1 atom stereocenters. The van der Waals surface area contributed by atoms with Crippen molar-refractivity contribution in [1.82, 2.24) is 0 Å². The Bertz CT molecular complexity index is 1420. The van der Waals surface area contributed by atoms with E-state index in [9.17, 15) is 14.4 Å². The van der Waals surface area contributed by atoms with E-state index in [4.69, 9.17) is 14.2 Å². The average Bonchev–Trinajstić information content (AvgIpc) is 3.22. The zero-order valence-electron chi connectivity index (χ0n) is 36.0. The summed E-state index contributed by atoms with van der Waals surface area (Å²) in [5.41, 5.74) is 0. The van der Waals surface area contributed by atoms with Crippen LogP contribution >= 0.6 is 0 Å². The molecule has 0 N–H and O–H groups in total. The Balaban J connectivity index is 4.63. The van der Waals surface area contributed by atoms with Gasteiger partial charge < -0.3 is 14.2 Å². The van der Waals surface area contributed by atoms with Crippen LogP contribution < -0.4 is 0 Å². The minimum absolute atomic E-state index is 0.105. The minimum atomic E-state index is -0.867. The van der Waals surface area contributed by atoms with E-state index in [0.29, 0.717) is 19.3 Å². The third kappa shape index (κ3) is 42.2. The van der Waals surface area contributed by atoms with Crippen molar-refractivity contribution in [1.29, 1.82) is 0 Å². The number of allylic oxidation sites excluding steroid dienone is 25. The number of unbranched alkanes of at least 4 members (excludes halogenated alkanes) is 7. The lowest BCUT2D eigenvalue weighted by atomic mass is 10.1. The fourth-order valence-electron chi connectivity index (χ4n) is 4.85. The number of rotatable bonds is 35. The van der Waals surface area contributed by atoms with E-state index >= 15 is 0 Å². The van der Waals surface area contributed by atoms with Crippen LogP contribution in [0.3, 0.4) is 0 Å². The molecule has 58 heavy (non-hydrogen) atoms. The quantitative estimate of drug-likeness (QED) is 0.0209. The van der Waals surface area contributed by atoms with E-state index in [1.165, 1.54) is 6.42 Å². The molecular weight excluding hydrogens is 721 g/mol. The van der Waals surface area contributed by atoms with Crippen LogP contribution in [-0.2, 0) is 28.6 Å². The number of carbonyl (C=O) groups is 3. The SMILES string of the molecule is CC\C=C/C=C\C=C/C=C\C=C/CCCC(=O)OC(COC(=O)C/C=C\C/C=C\C/C=C\CC)COC(=O)CCCCCCC\C=C/C=C\C=C/C=C\C=C/CCC. The second-order valence-electron chi connectivity index (χ2n) is 13.4. The van der Waals surface area contributed by atoms with Gasteiger partial charge in [0, 0.05) is 12.8 Å². The van der Waals surface area contributed by atoms with Crippen molar-refractivity contribution in [2.24, 2.45) is 0 Å². The largest absolute Gasteiger partial charge is 0.462 e. The number of hydrogen-bond donors (Lipinski definition) is 0.